The van der Waals surface area contributed by atoms with Crippen molar-refractivity contribution >= 4 is 34.0 Å². The van der Waals surface area contributed by atoms with E-state index in [1.165, 1.54) is 34.4 Å². The van der Waals surface area contributed by atoms with Gasteiger partial charge in [0.05, 0.1) is 27.5 Å². The maximum atomic E-state index is 12.6. The summed E-state index contributed by atoms with van der Waals surface area (Å²) in [5, 5.41) is 22.4. The molecule has 0 spiro atoms. The number of thiophene rings is 1. The second-order valence-corrected chi connectivity index (χ2v) is 8.59. The number of aromatic nitrogens is 1. The first kappa shape index (κ1) is 18.4. The first-order chi connectivity index (χ1) is 12.6. The third kappa shape index (κ3) is 4.07. The first-order valence-corrected chi connectivity index (χ1v) is 10.2. The average molecular weight is 383 g/mol. The molecule has 1 N–H and O–H groups in total. The van der Waals surface area contributed by atoms with Crippen LogP contribution < -0.4 is 5.32 Å². The van der Waals surface area contributed by atoms with Crippen molar-refractivity contribution < 1.29 is 4.79 Å². The third-order valence-corrected chi connectivity index (χ3v) is 6.54. The van der Waals surface area contributed by atoms with Crippen LogP contribution in [0, 0.1) is 22.7 Å². The van der Waals surface area contributed by atoms with E-state index in [1.54, 1.807) is 25.3 Å². The number of aryl methyl sites for hydroxylation is 1. The van der Waals surface area contributed by atoms with Crippen molar-refractivity contribution in [3.63, 3.8) is 0 Å². The normalized spacial score (nSPS) is 14.4. The van der Waals surface area contributed by atoms with Gasteiger partial charge in [0.2, 0.25) is 5.91 Å². The van der Waals surface area contributed by atoms with E-state index >= 15 is 0 Å². The van der Waals surface area contributed by atoms with E-state index in [4.69, 9.17) is 5.26 Å². The minimum absolute atomic E-state index is 0.160. The second-order valence-electron chi connectivity index (χ2n) is 6.12. The lowest BCUT2D eigenvalue weighted by molar-refractivity contribution is -0.115. The summed E-state index contributed by atoms with van der Waals surface area (Å²) in [7, 11) is 0. The Hall–Kier alpha value is -2.35. The molecule has 1 atom stereocenters. The van der Waals surface area contributed by atoms with E-state index < -0.39 is 0 Å². The number of nitrogens with zero attached hydrogens (tertiary/aromatic N) is 3. The molecule has 0 saturated heterocycles. The van der Waals surface area contributed by atoms with Gasteiger partial charge in [-0.2, -0.15) is 10.5 Å². The predicted molar refractivity (Wildman–Crippen MR) is 103 cm³/mol. The van der Waals surface area contributed by atoms with Crippen molar-refractivity contribution in [1.82, 2.24) is 4.98 Å². The van der Waals surface area contributed by atoms with Crippen LogP contribution in [0.2, 0.25) is 0 Å². The Morgan fingerprint density at radius 1 is 1.31 bits per heavy atom. The fourth-order valence-corrected chi connectivity index (χ4v) is 5.03. The maximum Gasteiger partial charge on any atom is 0.238 e. The summed E-state index contributed by atoms with van der Waals surface area (Å²) < 4.78 is 0. The minimum atomic E-state index is -0.384. The lowest BCUT2D eigenvalue weighted by Gasteiger charge is -2.11. The molecule has 2 heterocycles. The number of nitriles is 2. The number of rotatable bonds is 4. The molecule has 1 amide bonds. The second kappa shape index (κ2) is 8.35. The van der Waals surface area contributed by atoms with Gasteiger partial charge in [-0.1, -0.05) is 18.2 Å². The van der Waals surface area contributed by atoms with Crippen molar-refractivity contribution in [1.29, 1.82) is 10.5 Å². The average Bonchev–Trinajstić information content (AvgIpc) is 2.81. The molecule has 1 aliphatic carbocycles. The highest BCUT2D eigenvalue weighted by Crippen LogP contribution is 2.37. The topological polar surface area (TPSA) is 89.6 Å². The Morgan fingerprint density at radius 2 is 2.12 bits per heavy atom. The Labute approximate surface area is 161 Å². The Bertz CT molecular complexity index is 907. The molecule has 2 aromatic rings. The summed E-state index contributed by atoms with van der Waals surface area (Å²) in [4.78, 5) is 18.0. The van der Waals surface area contributed by atoms with Crippen molar-refractivity contribution in [3.8, 4) is 12.1 Å². The molecule has 5 nitrogen and oxygen atoms in total. The lowest BCUT2D eigenvalue weighted by atomic mass is 10.1. The van der Waals surface area contributed by atoms with Crippen LogP contribution in [0.15, 0.2) is 23.4 Å². The van der Waals surface area contributed by atoms with Gasteiger partial charge in [-0.15, -0.1) is 11.3 Å². The van der Waals surface area contributed by atoms with E-state index in [9.17, 15) is 10.1 Å². The fourth-order valence-electron chi connectivity index (χ4n) is 2.94. The molecule has 7 heteroatoms. The third-order valence-electron chi connectivity index (χ3n) is 4.30. The van der Waals surface area contributed by atoms with E-state index in [0.717, 1.165) is 31.2 Å². The maximum absolute atomic E-state index is 12.6. The van der Waals surface area contributed by atoms with Crippen molar-refractivity contribution in [2.75, 3.05) is 5.32 Å². The Kier molecular flexibility index (Phi) is 5.92. The number of thioether (sulfide) groups is 1. The molecular weight excluding hydrogens is 364 g/mol. The molecule has 26 heavy (non-hydrogen) atoms. The number of carbonyl (C=O) groups excluding carboxylic acids is 1. The largest absolute Gasteiger partial charge is 0.316 e. The number of hydrogen-bond acceptors (Lipinski definition) is 6. The molecule has 0 radical (unpaired) electrons. The predicted octanol–water partition coefficient (Wildman–Crippen LogP) is 4.27. The molecule has 3 rings (SSSR count). The number of pyridine rings is 1. The van der Waals surface area contributed by atoms with Crippen LogP contribution >= 0.6 is 23.1 Å². The highest BCUT2D eigenvalue weighted by molar-refractivity contribution is 8.00. The molecule has 0 bridgehead atoms. The van der Waals surface area contributed by atoms with E-state index in [2.05, 4.69) is 22.4 Å². The van der Waals surface area contributed by atoms with E-state index in [1.807, 2.05) is 0 Å². The zero-order valence-corrected chi connectivity index (χ0v) is 16.0. The van der Waals surface area contributed by atoms with Crippen molar-refractivity contribution in [2.45, 2.75) is 49.3 Å². The molecular formula is C19H18N4OS2. The summed E-state index contributed by atoms with van der Waals surface area (Å²) in [6.07, 6.45) is 6.89. The van der Waals surface area contributed by atoms with Crippen LogP contribution in [0.4, 0.5) is 5.00 Å². The monoisotopic (exact) mass is 382 g/mol. The SMILES string of the molecule is CC(Sc1cc(C#N)ccn1)C(=O)Nc1sc2c(c1C#N)CCCCC2. The van der Waals surface area contributed by atoms with Gasteiger partial charge in [0, 0.05) is 11.1 Å². The summed E-state index contributed by atoms with van der Waals surface area (Å²) in [6.45, 7) is 1.80. The number of carbonyl (C=O) groups is 1. The number of anilines is 1. The number of hydrogen-bond donors (Lipinski definition) is 1. The lowest BCUT2D eigenvalue weighted by Crippen LogP contribution is -2.22. The molecule has 1 aliphatic rings. The quantitative estimate of drug-likeness (QED) is 0.630. The molecule has 132 valence electrons. The van der Waals surface area contributed by atoms with Crippen molar-refractivity contribution in [2.24, 2.45) is 0 Å². The summed E-state index contributed by atoms with van der Waals surface area (Å²) in [5.74, 6) is -0.160. The van der Waals surface area contributed by atoms with Crippen LogP contribution in [0.3, 0.4) is 0 Å². The molecule has 0 saturated carbocycles. The first-order valence-electron chi connectivity index (χ1n) is 8.50. The summed E-state index contributed by atoms with van der Waals surface area (Å²) in [5.41, 5.74) is 2.26. The molecule has 0 fully saturated rings. The molecule has 0 aliphatic heterocycles. The van der Waals surface area contributed by atoms with Gasteiger partial charge >= 0.3 is 0 Å². The van der Waals surface area contributed by atoms with E-state index in [0.29, 0.717) is 21.2 Å². The van der Waals surface area contributed by atoms with Crippen LogP contribution in [0.25, 0.3) is 0 Å². The number of fused-ring (bicyclic) bond motifs is 1. The van der Waals surface area contributed by atoms with Crippen LogP contribution in [-0.4, -0.2) is 16.1 Å². The summed E-state index contributed by atoms with van der Waals surface area (Å²) >= 11 is 2.84. The van der Waals surface area contributed by atoms with Gasteiger partial charge < -0.3 is 5.32 Å². The molecule has 0 aromatic carbocycles. The Balaban J connectivity index is 1.73. The van der Waals surface area contributed by atoms with Gasteiger partial charge in [0.25, 0.3) is 0 Å². The number of nitrogens with one attached hydrogen (secondary N) is 1. The number of amides is 1. The van der Waals surface area contributed by atoms with Crippen LogP contribution in [-0.2, 0) is 17.6 Å². The highest BCUT2D eigenvalue weighted by atomic mass is 32.2. The van der Waals surface area contributed by atoms with Gasteiger partial charge in [0.1, 0.15) is 11.1 Å². The minimum Gasteiger partial charge on any atom is -0.316 e. The van der Waals surface area contributed by atoms with E-state index in [-0.39, 0.29) is 11.2 Å². The summed E-state index contributed by atoms with van der Waals surface area (Å²) in [6, 6.07) is 7.65. The zero-order chi connectivity index (χ0) is 18.5. The van der Waals surface area contributed by atoms with Gasteiger partial charge in [-0.3, -0.25) is 4.79 Å². The van der Waals surface area contributed by atoms with Gasteiger partial charge in [-0.05, 0) is 50.3 Å². The van der Waals surface area contributed by atoms with Gasteiger partial charge in [0.15, 0.2) is 0 Å². The fraction of sp³-hybridized carbons (Fsp3) is 0.368. The van der Waals surface area contributed by atoms with Gasteiger partial charge in [-0.25, -0.2) is 4.98 Å². The Morgan fingerprint density at radius 3 is 2.88 bits per heavy atom. The zero-order valence-electron chi connectivity index (χ0n) is 14.4. The standard InChI is InChI=1S/C19H18N4OS2/c1-12(25-17-9-13(10-20)7-8-22-17)18(24)23-19-15(11-21)14-5-3-2-4-6-16(14)26-19/h7-9,12H,2-6H2,1H3,(H,23,24). The van der Waals surface area contributed by atoms with Crippen LogP contribution in [0.5, 0.6) is 0 Å². The smallest absolute Gasteiger partial charge is 0.238 e. The highest BCUT2D eigenvalue weighted by Gasteiger charge is 2.23. The molecule has 2 aromatic heterocycles. The van der Waals surface area contributed by atoms with Crippen molar-refractivity contribution in [3.05, 3.63) is 39.9 Å². The van der Waals surface area contributed by atoms with Crippen LogP contribution in [0.1, 0.15) is 47.8 Å². The molecule has 1 unspecified atom stereocenters.